The van der Waals surface area contributed by atoms with Gasteiger partial charge in [-0.25, -0.2) is 9.97 Å². The van der Waals surface area contributed by atoms with Crippen molar-refractivity contribution in [2.24, 2.45) is 0 Å². The summed E-state index contributed by atoms with van der Waals surface area (Å²) in [5, 5.41) is 1.90. The maximum atomic E-state index is 12.7. The number of thiazole rings is 1. The maximum Gasteiger partial charge on any atom is 0.434 e. The summed E-state index contributed by atoms with van der Waals surface area (Å²) in [4.78, 5) is 7.77. The van der Waals surface area contributed by atoms with E-state index in [0.717, 1.165) is 16.7 Å². The van der Waals surface area contributed by atoms with Gasteiger partial charge in [0.05, 0.1) is 18.2 Å². The number of hydrogen-bond acceptors (Lipinski definition) is 4. The summed E-state index contributed by atoms with van der Waals surface area (Å²) in [7, 11) is 1.42. The summed E-state index contributed by atoms with van der Waals surface area (Å²) >= 11 is 0.915. The van der Waals surface area contributed by atoms with Gasteiger partial charge in [0.25, 0.3) is 0 Å². The lowest BCUT2D eigenvalue weighted by Gasteiger charge is -2.08. The molecule has 0 N–H and O–H groups in total. The Morgan fingerprint density at radius 3 is 2.67 bits per heavy atom. The Labute approximate surface area is 122 Å². The van der Waals surface area contributed by atoms with Gasteiger partial charge in [-0.05, 0) is 6.07 Å². The van der Waals surface area contributed by atoms with Crippen LogP contribution in [0, 0.1) is 6.20 Å². The van der Waals surface area contributed by atoms with Gasteiger partial charge >= 0.3 is 6.18 Å². The first-order valence-corrected chi connectivity index (χ1v) is 6.76. The van der Waals surface area contributed by atoms with E-state index in [4.69, 9.17) is 4.74 Å². The zero-order valence-electron chi connectivity index (χ0n) is 10.7. The van der Waals surface area contributed by atoms with Crippen molar-refractivity contribution in [2.45, 2.75) is 6.18 Å². The van der Waals surface area contributed by atoms with Gasteiger partial charge in [0.15, 0.2) is 11.4 Å². The molecule has 1 radical (unpaired) electrons. The maximum absolute atomic E-state index is 12.7. The summed E-state index contributed by atoms with van der Waals surface area (Å²) in [5.74, 6) is 0.275. The molecule has 2 aromatic heterocycles. The van der Waals surface area contributed by atoms with Crippen molar-refractivity contribution in [3.63, 3.8) is 0 Å². The molecule has 3 nitrogen and oxygen atoms in total. The number of methoxy groups -OCH3 is 1. The van der Waals surface area contributed by atoms with Crippen LogP contribution < -0.4 is 4.74 Å². The zero-order chi connectivity index (χ0) is 15.0. The van der Waals surface area contributed by atoms with Crippen LogP contribution in [0.3, 0.4) is 0 Å². The molecule has 0 amide bonds. The fourth-order valence-corrected chi connectivity index (χ4v) is 2.83. The third-order valence-electron chi connectivity index (χ3n) is 2.89. The number of nitrogens with zero attached hydrogens (tertiary/aromatic N) is 2. The molecule has 3 rings (SSSR count). The minimum Gasteiger partial charge on any atom is -0.494 e. The molecule has 0 saturated carbocycles. The largest absolute Gasteiger partial charge is 0.494 e. The molecule has 107 valence electrons. The Morgan fingerprint density at radius 1 is 1.24 bits per heavy atom. The van der Waals surface area contributed by atoms with Crippen LogP contribution in [0.15, 0.2) is 29.6 Å². The van der Waals surface area contributed by atoms with Crippen molar-refractivity contribution in [2.75, 3.05) is 7.11 Å². The minimum absolute atomic E-state index is 0.231. The number of ether oxygens (including phenoxy) is 1. The molecule has 0 aliphatic carbocycles. The van der Waals surface area contributed by atoms with Crippen molar-refractivity contribution in [3.8, 4) is 16.3 Å². The lowest BCUT2D eigenvalue weighted by Crippen LogP contribution is -2.05. The van der Waals surface area contributed by atoms with Crippen LogP contribution in [0.4, 0.5) is 13.2 Å². The summed E-state index contributed by atoms with van der Waals surface area (Å²) in [6.45, 7) is 0. The number of hydrogen-bond donors (Lipinski definition) is 0. The fourth-order valence-electron chi connectivity index (χ4n) is 1.95. The lowest BCUT2D eigenvalue weighted by molar-refractivity contribution is -0.140. The standard InChI is InChI=1S/C14H8F3N2OS/c1-20-10-6-18-9-5-3-2-4-8(9)12(10)13-19-11(7-21-13)14(15,16)17/h2-5,7H,1H3. The molecular weight excluding hydrogens is 301 g/mol. The van der Waals surface area contributed by atoms with Crippen molar-refractivity contribution in [1.82, 2.24) is 9.97 Å². The lowest BCUT2D eigenvalue weighted by atomic mass is 10.1. The number of para-hydroxylation sites is 1. The molecule has 0 atom stereocenters. The summed E-state index contributed by atoms with van der Waals surface area (Å²) < 4.78 is 43.3. The van der Waals surface area contributed by atoms with Crippen LogP contribution in [-0.2, 0) is 6.18 Å². The van der Waals surface area contributed by atoms with E-state index in [1.807, 2.05) is 0 Å². The monoisotopic (exact) mass is 309 g/mol. The molecule has 7 heteroatoms. The summed E-state index contributed by atoms with van der Waals surface area (Å²) in [5.41, 5.74) is 0.186. The molecule has 0 fully saturated rings. The molecule has 0 aliphatic rings. The first kappa shape index (κ1) is 13.8. The number of rotatable bonds is 2. The molecule has 0 saturated heterocycles. The second kappa shape index (κ2) is 5.00. The highest BCUT2D eigenvalue weighted by molar-refractivity contribution is 7.13. The number of benzene rings is 1. The van der Waals surface area contributed by atoms with Gasteiger partial charge in [-0.2, -0.15) is 13.2 Å². The van der Waals surface area contributed by atoms with Gasteiger partial charge in [-0.3, -0.25) is 0 Å². The molecule has 0 spiro atoms. The third-order valence-corrected chi connectivity index (χ3v) is 3.75. The van der Waals surface area contributed by atoms with Gasteiger partial charge in [0.1, 0.15) is 11.2 Å². The second-order valence-corrected chi connectivity index (χ2v) is 5.04. The van der Waals surface area contributed by atoms with E-state index in [2.05, 4.69) is 16.2 Å². The smallest absolute Gasteiger partial charge is 0.434 e. The van der Waals surface area contributed by atoms with E-state index in [1.165, 1.54) is 7.11 Å². The van der Waals surface area contributed by atoms with Crippen LogP contribution in [0.1, 0.15) is 5.69 Å². The Kier molecular flexibility index (Phi) is 3.29. The minimum atomic E-state index is -4.46. The third kappa shape index (κ3) is 2.44. The van der Waals surface area contributed by atoms with E-state index >= 15 is 0 Å². The van der Waals surface area contributed by atoms with Crippen LogP contribution in [0.25, 0.3) is 21.5 Å². The van der Waals surface area contributed by atoms with Gasteiger partial charge in [-0.15, -0.1) is 11.3 Å². The van der Waals surface area contributed by atoms with Crippen LogP contribution >= 0.6 is 11.3 Å². The number of aromatic nitrogens is 2. The van der Waals surface area contributed by atoms with Crippen molar-refractivity contribution in [1.29, 1.82) is 0 Å². The van der Waals surface area contributed by atoms with E-state index in [1.54, 1.807) is 24.3 Å². The average Bonchev–Trinajstić information content (AvgIpc) is 2.95. The van der Waals surface area contributed by atoms with Crippen molar-refractivity contribution < 1.29 is 17.9 Å². The van der Waals surface area contributed by atoms with Crippen LogP contribution in [0.2, 0.25) is 0 Å². The van der Waals surface area contributed by atoms with Crippen molar-refractivity contribution in [3.05, 3.63) is 41.5 Å². The first-order valence-electron chi connectivity index (χ1n) is 5.88. The molecule has 0 bridgehead atoms. The molecule has 1 aromatic carbocycles. The predicted octanol–water partition coefficient (Wildman–Crippen LogP) is 4.19. The highest BCUT2D eigenvalue weighted by Gasteiger charge is 2.34. The predicted molar refractivity (Wildman–Crippen MR) is 73.2 cm³/mol. The number of fused-ring (bicyclic) bond motifs is 1. The quantitative estimate of drug-likeness (QED) is 0.712. The second-order valence-electron chi connectivity index (χ2n) is 4.18. The Bertz CT molecular complexity index is 798. The Hall–Kier alpha value is -2.15. The normalized spacial score (nSPS) is 11.8. The number of pyridine rings is 1. The Morgan fingerprint density at radius 2 is 2.00 bits per heavy atom. The van der Waals surface area contributed by atoms with Crippen LogP contribution in [0.5, 0.6) is 5.75 Å². The zero-order valence-corrected chi connectivity index (χ0v) is 11.5. The SMILES string of the molecule is COc1[c]nc2ccccc2c1-c1nc(C(F)(F)F)cs1. The molecular formula is C14H8F3N2OS. The highest BCUT2D eigenvalue weighted by Crippen LogP contribution is 2.39. The van der Waals surface area contributed by atoms with Gasteiger partial charge in [-0.1, -0.05) is 18.2 Å². The van der Waals surface area contributed by atoms with E-state index in [-0.39, 0.29) is 10.8 Å². The molecule has 0 aliphatic heterocycles. The molecule has 3 aromatic rings. The van der Waals surface area contributed by atoms with E-state index < -0.39 is 11.9 Å². The Balaban J connectivity index is 2.25. The van der Waals surface area contributed by atoms with Gasteiger partial charge in [0.2, 0.25) is 0 Å². The van der Waals surface area contributed by atoms with Gasteiger partial charge in [0, 0.05) is 10.8 Å². The summed E-state index contributed by atoms with van der Waals surface area (Å²) in [6, 6.07) is 7.10. The average molecular weight is 309 g/mol. The van der Waals surface area contributed by atoms with E-state index in [9.17, 15) is 13.2 Å². The summed E-state index contributed by atoms with van der Waals surface area (Å²) in [6.07, 6.45) is -1.77. The fraction of sp³-hybridized carbons (Fsp3) is 0.143. The topological polar surface area (TPSA) is 35.0 Å². The van der Waals surface area contributed by atoms with Crippen molar-refractivity contribution >= 4 is 22.2 Å². The molecule has 2 heterocycles. The molecule has 0 unspecified atom stereocenters. The van der Waals surface area contributed by atoms with Gasteiger partial charge < -0.3 is 4.74 Å². The van der Waals surface area contributed by atoms with Crippen LogP contribution in [-0.4, -0.2) is 17.1 Å². The number of alkyl halides is 3. The first-order chi connectivity index (χ1) is 10.0. The highest BCUT2D eigenvalue weighted by atomic mass is 32.1. The van der Waals surface area contributed by atoms with E-state index in [0.29, 0.717) is 16.5 Å². The molecule has 21 heavy (non-hydrogen) atoms. The number of halogens is 3.